The number of rotatable bonds is 4. The zero-order chi connectivity index (χ0) is 12.5. The summed E-state index contributed by atoms with van der Waals surface area (Å²) >= 11 is 0. The topological polar surface area (TPSA) is 43.8 Å². The number of benzene rings is 1. The van der Waals surface area contributed by atoms with E-state index >= 15 is 0 Å². The molecule has 3 nitrogen and oxygen atoms in total. The Morgan fingerprint density at radius 2 is 2.28 bits per heavy atom. The summed E-state index contributed by atoms with van der Waals surface area (Å²) in [5, 5.41) is 0. The van der Waals surface area contributed by atoms with Gasteiger partial charge in [-0.25, -0.2) is 4.98 Å². The molecular formula is C15H19N3. The Morgan fingerprint density at radius 1 is 1.44 bits per heavy atom. The summed E-state index contributed by atoms with van der Waals surface area (Å²) in [6.07, 6.45) is 5.94. The first kappa shape index (κ1) is 11.5. The van der Waals surface area contributed by atoms with Crippen LogP contribution in [-0.4, -0.2) is 9.55 Å². The number of aromatic nitrogens is 2. The van der Waals surface area contributed by atoms with E-state index in [1.165, 1.54) is 17.5 Å². The van der Waals surface area contributed by atoms with Gasteiger partial charge in [0, 0.05) is 24.7 Å². The molecule has 94 valence electrons. The van der Waals surface area contributed by atoms with E-state index < -0.39 is 0 Å². The van der Waals surface area contributed by atoms with Crippen molar-refractivity contribution in [3.63, 3.8) is 0 Å². The third-order valence-corrected chi connectivity index (χ3v) is 3.94. The molecule has 1 aliphatic carbocycles. The largest absolute Gasteiger partial charge is 0.333 e. The summed E-state index contributed by atoms with van der Waals surface area (Å²) in [5.74, 6) is 0.623. The lowest BCUT2D eigenvalue weighted by Gasteiger charge is -2.31. The van der Waals surface area contributed by atoms with Gasteiger partial charge in [-0.15, -0.1) is 0 Å². The highest BCUT2D eigenvalue weighted by atomic mass is 15.1. The van der Waals surface area contributed by atoms with Crippen LogP contribution in [0.1, 0.15) is 42.1 Å². The number of imidazole rings is 1. The van der Waals surface area contributed by atoms with Gasteiger partial charge in [-0.2, -0.15) is 0 Å². The Kier molecular flexibility index (Phi) is 2.92. The lowest BCUT2D eigenvalue weighted by Crippen LogP contribution is -2.24. The van der Waals surface area contributed by atoms with Crippen molar-refractivity contribution in [2.24, 2.45) is 5.73 Å². The van der Waals surface area contributed by atoms with Crippen molar-refractivity contribution in [1.29, 1.82) is 0 Å². The molecule has 2 aromatic rings. The van der Waals surface area contributed by atoms with E-state index in [1.807, 2.05) is 12.5 Å². The zero-order valence-corrected chi connectivity index (χ0v) is 10.7. The summed E-state index contributed by atoms with van der Waals surface area (Å²) in [6.45, 7) is 3.11. The average Bonchev–Trinajstić information content (AvgIpc) is 2.83. The first-order valence-corrected chi connectivity index (χ1v) is 6.63. The van der Waals surface area contributed by atoms with Crippen LogP contribution in [0.4, 0.5) is 0 Å². The number of hydrogen-bond acceptors (Lipinski definition) is 2. The first-order chi connectivity index (χ1) is 8.79. The number of nitrogens with two attached hydrogens (primary N) is 1. The molecule has 2 N–H and O–H groups in total. The normalized spacial score (nSPS) is 19.1. The molecule has 2 atom stereocenters. The van der Waals surface area contributed by atoms with Gasteiger partial charge in [0.15, 0.2) is 0 Å². The molecule has 3 rings (SSSR count). The van der Waals surface area contributed by atoms with E-state index in [0.29, 0.717) is 5.92 Å². The quantitative estimate of drug-likeness (QED) is 0.894. The fraction of sp³-hybridized carbons (Fsp3) is 0.400. The lowest BCUT2D eigenvalue weighted by atomic mass is 9.77. The minimum Gasteiger partial charge on any atom is -0.333 e. The van der Waals surface area contributed by atoms with Gasteiger partial charge in [0.2, 0.25) is 0 Å². The molecule has 18 heavy (non-hydrogen) atoms. The van der Waals surface area contributed by atoms with Crippen LogP contribution in [0.2, 0.25) is 0 Å². The van der Waals surface area contributed by atoms with Crippen LogP contribution in [0.25, 0.3) is 0 Å². The maximum Gasteiger partial charge on any atom is 0.0948 e. The van der Waals surface area contributed by atoms with Crippen molar-refractivity contribution in [2.75, 3.05) is 0 Å². The molecule has 0 aliphatic heterocycles. The van der Waals surface area contributed by atoms with Gasteiger partial charge in [0.25, 0.3) is 0 Å². The van der Waals surface area contributed by atoms with Gasteiger partial charge in [-0.05, 0) is 24.0 Å². The van der Waals surface area contributed by atoms with Crippen molar-refractivity contribution < 1.29 is 0 Å². The maximum absolute atomic E-state index is 6.11. The molecule has 0 radical (unpaired) electrons. The highest BCUT2D eigenvalue weighted by Crippen LogP contribution is 2.36. The van der Waals surface area contributed by atoms with E-state index in [1.54, 1.807) is 0 Å². The van der Waals surface area contributed by atoms with E-state index in [9.17, 15) is 0 Å². The predicted octanol–water partition coefficient (Wildman–Crippen LogP) is 2.63. The average molecular weight is 241 g/mol. The Labute approximate surface area is 108 Å². The molecule has 0 saturated heterocycles. The molecule has 1 aliphatic rings. The molecule has 0 saturated carbocycles. The molecule has 1 aromatic heterocycles. The molecule has 3 heteroatoms. The highest BCUT2D eigenvalue weighted by Gasteiger charge is 2.26. The Bertz CT molecular complexity index is 544. The van der Waals surface area contributed by atoms with E-state index in [2.05, 4.69) is 40.7 Å². The van der Waals surface area contributed by atoms with Crippen LogP contribution in [-0.2, 0) is 13.0 Å². The van der Waals surface area contributed by atoms with Crippen molar-refractivity contribution in [3.8, 4) is 0 Å². The lowest BCUT2D eigenvalue weighted by molar-refractivity contribution is 0.483. The Balaban J connectivity index is 1.78. The Hall–Kier alpha value is -1.61. The van der Waals surface area contributed by atoms with E-state index in [0.717, 1.165) is 18.7 Å². The summed E-state index contributed by atoms with van der Waals surface area (Å²) in [5.41, 5.74) is 10.2. The van der Waals surface area contributed by atoms with Crippen LogP contribution in [0.5, 0.6) is 0 Å². The second kappa shape index (κ2) is 4.58. The van der Waals surface area contributed by atoms with Crippen LogP contribution in [0, 0.1) is 0 Å². The number of fused-ring (bicyclic) bond motifs is 1. The summed E-state index contributed by atoms with van der Waals surface area (Å²) in [4.78, 5) is 4.24. The molecule has 0 fully saturated rings. The third-order valence-electron chi connectivity index (χ3n) is 3.94. The standard InChI is InChI=1S/C15H19N3/c1-2-14(16)15-8-17-10-18(15)9-12-7-11-5-3-4-6-13(11)12/h3-6,8,10,12,14H,2,7,9,16H2,1H3/t12?,14-/m1/s1. The van der Waals surface area contributed by atoms with E-state index in [-0.39, 0.29) is 6.04 Å². The fourth-order valence-electron chi connectivity index (χ4n) is 2.76. The van der Waals surface area contributed by atoms with Crippen molar-refractivity contribution in [2.45, 2.75) is 38.3 Å². The first-order valence-electron chi connectivity index (χ1n) is 6.63. The number of nitrogens with zero attached hydrogens (tertiary/aromatic N) is 2. The second-order valence-corrected chi connectivity index (χ2v) is 5.09. The number of hydrogen-bond donors (Lipinski definition) is 1. The van der Waals surface area contributed by atoms with Gasteiger partial charge >= 0.3 is 0 Å². The maximum atomic E-state index is 6.11. The second-order valence-electron chi connectivity index (χ2n) is 5.09. The molecule has 0 bridgehead atoms. The SMILES string of the molecule is CC[C@@H](N)c1cncn1CC1Cc2ccccc21. The van der Waals surface area contributed by atoms with Crippen LogP contribution in [0.15, 0.2) is 36.8 Å². The Morgan fingerprint density at radius 3 is 3.06 bits per heavy atom. The molecule has 1 unspecified atom stereocenters. The monoisotopic (exact) mass is 241 g/mol. The molecular weight excluding hydrogens is 222 g/mol. The molecule has 0 spiro atoms. The summed E-state index contributed by atoms with van der Waals surface area (Å²) in [7, 11) is 0. The fourth-order valence-corrected chi connectivity index (χ4v) is 2.76. The zero-order valence-electron chi connectivity index (χ0n) is 10.7. The van der Waals surface area contributed by atoms with E-state index in [4.69, 9.17) is 5.73 Å². The highest BCUT2D eigenvalue weighted by molar-refractivity contribution is 5.39. The summed E-state index contributed by atoms with van der Waals surface area (Å²) < 4.78 is 2.22. The predicted molar refractivity (Wildman–Crippen MR) is 72.3 cm³/mol. The minimum atomic E-state index is 0.0998. The van der Waals surface area contributed by atoms with Crippen molar-refractivity contribution in [1.82, 2.24) is 9.55 Å². The van der Waals surface area contributed by atoms with Gasteiger partial charge < -0.3 is 10.3 Å². The minimum absolute atomic E-state index is 0.0998. The third kappa shape index (κ3) is 1.85. The van der Waals surface area contributed by atoms with Gasteiger partial charge in [-0.1, -0.05) is 31.2 Å². The van der Waals surface area contributed by atoms with Crippen LogP contribution < -0.4 is 5.73 Å². The van der Waals surface area contributed by atoms with Crippen LogP contribution in [0.3, 0.4) is 0 Å². The molecule has 0 amide bonds. The smallest absolute Gasteiger partial charge is 0.0948 e. The van der Waals surface area contributed by atoms with Gasteiger partial charge in [0.05, 0.1) is 12.0 Å². The van der Waals surface area contributed by atoms with Gasteiger partial charge in [-0.3, -0.25) is 0 Å². The van der Waals surface area contributed by atoms with Crippen molar-refractivity contribution in [3.05, 3.63) is 53.6 Å². The van der Waals surface area contributed by atoms with Crippen LogP contribution >= 0.6 is 0 Å². The molecule has 1 heterocycles. The van der Waals surface area contributed by atoms with Crippen molar-refractivity contribution >= 4 is 0 Å². The summed E-state index contributed by atoms with van der Waals surface area (Å²) in [6, 6.07) is 8.79. The van der Waals surface area contributed by atoms with Gasteiger partial charge in [0.1, 0.15) is 0 Å². The molecule has 1 aromatic carbocycles.